The van der Waals surface area contributed by atoms with E-state index < -0.39 is 0 Å². The summed E-state index contributed by atoms with van der Waals surface area (Å²) >= 11 is 1.81. The zero-order valence-electron chi connectivity index (χ0n) is 23.4. The van der Waals surface area contributed by atoms with E-state index in [0.29, 0.717) is 17.5 Å². The Morgan fingerprint density at radius 2 is 1.02 bits per heavy atom. The quantitative estimate of drug-likeness (QED) is 0.207. The molecule has 44 heavy (non-hydrogen) atoms. The van der Waals surface area contributed by atoms with Crippen LogP contribution in [0.25, 0.3) is 87.4 Å². The molecule has 9 aromatic rings. The summed E-state index contributed by atoms with van der Waals surface area (Å²) in [5.41, 5.74) is 6.81. The molecular formula is C39H23N3OS. The van der Waals surface area contributed by atoms with Crippen LogP contribution in [0.15, 0.2) is 144 Å². The van der Waals surface area contributed by atoms with E-state index in [1.54, 1.807) is 0 Å². The normalized spacial score (nSPS) is 11.6. The monoisotopic (exact) mass is 581 g/mol. The van der Waals surface area contributed by atoms with Crippen molar-refractivity contribution < 1.29 is 4.42 Å². The third kappa shape index (κ3) is 3.94. The van der Waals surface area contributed by atoms with Gasteiger partial charge in [0.05, 0.1) is 5.56 Å². The van der Waals surface area contributed by atoms with Crippen molar-refractivity contribution in [1.82, 2.24) is 15.0 Å². The van der Waals surface area contributed by atoms with E-state index in [1.165, 1.54) is 25.9 Å². The zero-order valence-corrected chi connectivity index (χ0v) is 24.3. The van der Waals surface area contributed by atoms with Crippen molar-refractivity contribution in [2.24, 2.45) is 0 Å². The maximum atomic E-state index is 6.40. The number of fused-ring (bicyclic) bond motifs is 6. The summed E-state index contributed by atoms with van der Waals surface area (Å²) in [5.74, 6) is 1.85. The molecule has 4 nitrogen and oxygen atoms in total. The van der Waals surface area contributed by atoms with Crippen molar-refractivity contribution in [2.45, 2.75) is 0 Å². The number of para-hydroxylation sites is 2. The van der Waals surface area contributed by atoms with Crippen molar-refractivity contribution in [3.63, 3.8) is 0 Å². The van der Waals surface area contributed by atoms with Crippen LogP contribution in [0.4, 0.5) is 0 Å². The molecule has 0 aliphatic rings. The number of benzene rings is 6. The summed E-state index contributed by atoms with van der Waals surface area (Å²) in [6.45, 7) is 0. The van der Waals surface area contributed by atoms with E-state index in [-0.39, 0.29) is 0 Å². The van der Waals surface area contributed by atoms with Crippen LogP contribution < -0.4 is 0 Å². The third-order valence-electron chi connectivity index (χ3n) is 8.16. The maximum Gasteiger partial charge on any atom is 0.167 e. The van der Waals surface area contributed by atoms with Gasteiger partial charge < -0.3 is 4.42 Å². The Morgan fingerprint density at radius 1 is 0.432 bits per heavy atom. The second kappa shape index (κ2) is 9.97. The van der Waals surface area contributed by atoms with Crippen LogP contribution in [0.3, 0.4) is 0 Å². The standard InChI is InChI=1S/C39H23N3OS/c1-3-12-24(13-4-1)26-17-9-19-29-34-30(20-11-23-33(34)44-36(26)29)38-40-37(25-14-5-2-6-15-25)41-39(42-38)31-21-10-18-28-27-16-7-8-22-32(27)43-35(28)31/h1-23H. The van der Waals surface area contributed by atoms with Gasteiger partial charge in [-0.2, -0.15) is 0 Å². The maximum absolute atomic E-state index is 6.40. The summed E-state index contributed by atoms with van der Waals surface area (Å²) < 4.78 is 8.85. The predicted octanol–water partition coefficient (Wildman–Crippen LogP) is 10.8. The van der Waals surface area contributed by atoms with E-state index in [4.69, 9.17) is 19.4 Å². The molecule has 5 heteroatoms. The highest BCUT2D eigenvalue weighted by atomic mass is 32.1. The largest absolute Gasteiger partial charge is 0.455 e. The minimum Gasteiger partial charge on any atom is -0.455 e. The molecule has 6 aromatic carbocycles. The molecule has 3 heterocycles. The van der Waals surface area contributed by atoms with Gasteiger partial charge in [0.25, 0.3) is 0 Å². The number of thiophene rings is 1. The summed E-state index contributed by atoms with van der Waals surface area (Å²) in [7, 11) is 0. The second-order valence-corrected chi connectivity index (χ2v) is 11.8. The first-order chi connectivity index (χ1) is 21.8. The highest BCUT2D eigenvalue weighted by Crippen LogP contribution is 2.44. The Kier molecular flexibility index (Phi) is 5.64. The molecule has 0 bridgehead atoms. The van der Waals surface area contributed by atoms with Crippen molar-refractivity contribution in [3.8, 4) is 45.3 Å². The minimum atomic E-state index is 0.583. The fourth-order valence-electron chi connectivity index (χ4n) is 6.14. The number of rotatable bonds is 4. The smallest absolute Gasteiger partial charge is 0.167 e. The van der Waals surface area contributed by atoms with Gasteiger partial charge in [0.15, 0.2) is 17.5 Å². The number of nitrogens with zero attached hydrogens (tertiary/aromatic N) is 3. The molecule has 0 fully saturated rings. The number of aromatic nitrogens is 3. The van der Waals surface area contributed by atoms with Crippen LogP contribution in [0.1, 0.15) is 0 Å². The lowest BCUT2D eigenvalue weighted by atomic mass is 10.0. The van der Waals surface area contributed by atoms with Gasteiger partial charge in [0.1, 0.15) is 11.2 Å². The summed E-state index contributed by atoms with van der Waals surface area (Å²) in [6.07, 6.45) is 0. The van der Waals surface area contributed by atoms with Gasteiger partial charge in [-0.25, -0.2) is 15.0 Å². The lowest BCUT2D eigenvalue weighted by molar-refractivity contribution is 0.669. The van der Waals surface area contributed by atoms with Gasteiger partial charge in [-0.15, -0.1) is 11.3 Å². The molecule has 0 aliphatic heterocycles. The van der Waals surface area contributed by atoms with Crippen molar-refractivity contribution in [1.29, 1.82) is 0 Å². The molecule has 0 N–H and O–H groups in total. The van der Waals surface area contributed by atoms with Gasteiger partial charge in [-0.05, 0) is 29.3 Å². The van der Waals surface area contributed by atoms with Crippen LogP contribution in [0, 0.1) is 0 Å². The highest BCUT2D eigenvalue weighted by Gasteiger charge is 2.20. The zero-order chi connectivity index (χ0) is 29.0. The summed E-state index contributed by atoms with van der Waals surface area (Å²) in [4.78, 5) is 15.3. The van der Waals surface area contributed by atoms with Gasteiger partial charge in [-0.1, -0.05) is 121 Å². The minimum absolute atomic E-state index is 0.583. The molecular weight excluding hydrogens is 559 g/mol. The SMILES string of the molecule is c1ccc(-c2nc(-c3cccc4c3oc3ccccc34)nc(-c3cccc4sc5c(-c6ccccc6)cccc5c34)n2)cc1. The Labute approximate surface area is 256 Å². The molecule has 0 unspecified atom stereocenters. The van der Waals surface area contributed by atoms with Crippen molar-refractivity contribution in [3.05, 3.63) is 140 Å². The fraction of sp³-hybridized carbons (Fsp3) is 0. The molecule has 3 aromatic heterocycles. The number of hydrogen-bond acceptors (Lipinski definition) is 5. The number of furan rings is 1. The topological polar surface area (TPSA) is 51.8 Å². The average molecular weight is 582 g/mol. The van der Waals surface area contributed by atoms with E-state index >= 15 is 0 Å². The van der Waals surface area contributed by atoms with Crippen molar-refractivity contribution >= 4 is 53.4 Å². The van der Waals surface area contributed by atoms with Crippen molar-refractivity contribution in [2.75, 3.05) is 0 Å². The van der Waals surface area contributed by atoms with Gasteiger partial charge in [-0.3, -0.25) is 0 Å². The van der Waals surface area contributed by atoms with Gasteiger partial charge >= 0.3 is 0 Å². The Bertz CT molecular complexity index is 2500. The molecule has 0 amide bonds. The van der Waals surface area contributed by atoms with E-state index in [1.807, 2.05) is 72.0 Å². The van der Waals surface area contributed by atoms with Crippen LogP contribution in [0.2, 0.25) is 0 Å². The molecule has 0 saturated carbocycles. The lowest BCUT2D eigenvalue weighted by Gasteiger charge is -2.10. The van der Waals surface area contributed by atoms with Gasteiger partial charge in [0, 0.05) is 42.1 Å². The molecule has 0 saturated heterocycles. The first kappa shape index (κ1) is 24.9. The number of hydrogen-bond donors (Lipinski definition) is 0. The second-order valence-electron chi connectivity index (χ2n) is 10.8. The molecule has 0 aliphatic carbocycles. The summed E-state index contributed by atoms with van der Waals surface area (Å²) in [5, 5.41) is 4.47. The van der Waals surface area contributed by atoms with Crippen LogP contribution >= 0.6 is 11.3 Å². The molecule has 0 atom stereocenters. The van der Waals surface area contributed by atoms with E-state index in [0.717, 1.165) is 44.0 Å². The van der Waals surface area contributed by atoms with Gasteiger partial charge in [0.2, 0.25) is 0 Å². The molecule has 0 radical (unpaired) electrons. The van der Waals surface area contributed by atoms with Crippen LogP contribution in [0.5, 0.6) is 0 Å². The van der Waals surface area contributed by atoms with E-state index in [2.05, 4.69) is 78.9 Å². The lowest BCUT2D eigenvalue weighted by Crippen LogP contribution is -2.00. The highest BCUT2D eigenvalue weighted by molar-refractivity contribution is 7.26. The average Bonchev–Trinajstić information content (AvgIpc) is 3.67. The Balaban J connectivity index is 1.32. The summed E-state index contributed by atoms with van der Waals surface area (Å²) in [6, 6.07) is 47.9. The molecule has 206 valence electrons. The molecule has 0 spiro atoms. The Hall–Kier alpha value is -5.65. The van der Waals surface area contributed by atoms with Crippen LogP contribution in [-0.4, -0.2) is 15.0 Å². The first-order valence-corrected chi connectivity index (χ1v) is 15.4. The fourth-order valence-corrected chi connectivity index (χ4v) is 7.40. The molecule has 9 rings (SSSR count). The van der Waals surface area contributed by atoms with Crippen LogP contribution in [-0.2, 0) is 0 Å². The first-order valence-electron chi connectivity index (χ1n) is 14.5. The predicted molar refractivity (Wildman–Crippen MR) is 182 cm³/mol. The van der Waals surface area contributed by atoms with E-state index in [9.17, 15) is 0 Å². The Morgan fingerprint density at radius 3 is 1.84 bits per heavy atom. The third-order valence-corrected chi connectivity index (χ3v) is 9.36.